The lowest BCUT2D eigenvalue weighted by Crippen LogP contribution is -2.40. The zero-order valence-corrected chi connectivity index (χ0v) is 31.8. The van der Waals surface area contributed by atoms with Gasteiger partial charge in [-0.3, -0.25) is 14.7 Å². The van der Waals surface area contributed by atoms with Crippen LogP contribution in [0.4, 0.5) is 14.4 Å². The Balaban J connectivity index is 5.64. The van der Waals surface area contributed by atoms with Crippen LogP contribution in [0, 0.1) is 5.41 Å². The third-order valence-corrected chi connectivity index (χ3v) is 7.95. The molecule has 0 atom stereocenters. The van der Waals surface area contributed by atoms with Crippen molar-refractivity contribution in [1.29, 1.82) is 0 Å². The molecule has 12 heteroatoms. The Labute approximate surface area is 290 Å². The quantitative estimate of drug-likeness (QED) is 0.0254. The summed E-state index contributed by atoms with van der Waals surface area (Å²) in [4.78, 5) is 69.0. The van der Waals surface area contributed by atoms with Gasteiger partial charge in [-0.2, -0.15) is 14.7 Å². The summed E-state index contributed by atoms with van der Waals surface area (Å²) in [6, 6.07) is 0. The summed E-state index contributed by atoms with van der Waals surface area (Å²) in [6.07, 6.45) is 10.6. The fraction of sp³-hybridized carbons (Fsp3) is 0.917. The molecule has 48 heavy (non-hydrogen) atoms. The van der Waals surface area contributed by atoms with Crippen LogP contribution in [0.5, 0.6) is 0 Å². The lowest BCUT2D eigenvalue weighted by molar-refractivity contribution is -0.324. The first kappa shape index (κ1) is 45.7. The Bertz CT molecular complexity index is 768. The van der Waals surface area contributed by atoms with Crippen molar-refractivity contribution in [3.63, 3.8) is 0 Å². The largest absolute Gasteiger partial charge is 0.540 e. The second-order valence-electron chi connectivity index (χ2n) is 14.7. The van der Waals surface area contributed by atoms with Crippen molar-refractivity contribution in [2.75, 3.05) is 19.8 Å². The second-order valence-corrected chi connectivity index (χ2v) is 14.7. The first-order chi connectivity index (χ1) is 22.5. The first-order valence-electron chi connectivity index (χ1n) is 18.1. The highest BCUT2D eigenvalue weighted by Gasteiger charge is 2.37. The van der Waals surface area contributed by atoms with E-state index >= 15 is 0 Å². The molecule has 284 valence electrons. The van der Waals surface area contributed by atoms with Gasteiger partial charge >= 0.3 is 18.5 Å². The van der Waals surface area contributed by atoms with E-state index in [1.165, 1.54) is 0 Å². The number of carbonyl (C=O) groups excluding carboxylic acids is 3. The van der Waals surface area contributed by atoms with Crippen molar-refractivity contribution >= 4 is 18.5 Å². The maximum absolute atomic E-state index is 12.6. The molecule has 0 spiro atoms. The van der Waals surface area contributed by atoms with Crippen LogP contribution in [0.2, 0.25) is 0 Å². The lowest BCUT2D eigenvalue weighted by atomic mass is 9.85. The molecule has 0 saturated heterocycles. The zero-order valence-electron chi connectivity index (χ0n) is 31.8. The van der Waals surface area contributed by atoms with E-state index in [1.807, 2.05) is 48.5 Å². The van der Waals surface area contributed by atoms with E-state index in [9.17, 15) is 14.4 Å². The second kappa shape index (κ2) is 24.8. The Morgan fingerprint density at radius 1 is 0.396 bits per heavy atom. The molecule has 0 aromatic rings. The molecule has 0 bridgehead atoms. The number of carbonyl (C=O) groups is 3. The van der Waals surface area contributed by atoms with Crippen LogP contribution in [0.3, 0.4) is 0 Å². The van der Waals surface area contributed by atoms with Crippen LogP contribution in [0.1, 0.15) is 172 Å². The minimum absolute atomic E-state index is 0.317. The van der Waals surface area contributed by atoms with Crippen molar-refractivity contribution in [3.05, 3.63) is 0 Å². The molecular formula is C36H68O12. The predicted octanol–water partition coefficient (Wildman–Crippen LogP) is 10.9. The monoisotopic (exact) mass is 692 g/mol. The molecule has 0 aromatic heterocycles. The standard InChI is InChI=1S/C36H68O12/c1-11-15-19-23-33(5,6)46-43-30(37)40-27-36(26-22-18-14-4,28-41-31(38)44-47-34(7,8)24-20-16-12-2)29-42-32(39)45-48-35(9,10)25-21-17-13-3/h11-29H2,1-10H3. The number of unbranched alkanes of at least 4 members (excludes halogenated alkanes) is 8. The van der Waals surface area contributed by atoms with Gasteiger partial charge in [-0.25, -0.2) is 14.4 Å². The summed E-state index contributed by atoms with van der Waals surface area (Å²) in [5.74, 6) is 0. The van der Waals surface area contributed by atoms with E-state index in [-0.39, 0.29) is 19.8 Å². The van der Waals surface area contributed by atoms with Crippen molar-refractivity contribution in [1.82, 2.24) is 0 Å². The van der Waals surface area contributed by atoms with Crippen LogP contribution in [0.25, 0.3) is 0 Å². The van der Waals surface area contributed by atoms with Crippen molar-refractivity contribution < 1.29 is 57.9 Å². The van der Waals surface area contributed by atoms with Crippen LogP contribution < -0.4 is 0 Å². The summed E-state index contributed by atoms with van der Waals surface area (Å²) < 4.78 is 16.3. The molecule has 0 radical (unpaired) electrons. The Kier molecular flexibility index (Phi) is 23.6. The molecule has 0 aliphatic rings. The summed E-state index contributed by atoms with van der Waals surface area (Å²) in [6.45, 7) is 18.3. The zero-order chi connectivity index (χ0) is 36.5. The molecule has 0 amide bonds. The molecule has 12 nitrogen and oxygen atoms in total. The van der Waals surface area contributed by atoms with Crippen LogP contribution in [-0.2, 0) is 43.5 Å². The van der Waals surface area contributed by atoms with Crippen LogP contribution in [0.15, 0.2) is 0 Å². The minimum atomic E-state index is -1.17. The van der Waals surface area contributed by atoms with Gasteiger partial charge < -0.3 is 14.2 Å². The van der Waals surface area contributed by atoms with Crippen molar-refractivity contribution in [3.8, 4) is 0 Å². The highest BCUT2D eigenvalue weighted by Crippen LogP contribution is 2.29. The molecule has 0 aliphatic heterocycles. The molecule has 0 heterocycles. The van der Waals surface area contributed by atoms with E-state index < -0.39 is 40.7 Å². The van der Waals surface area contributed by atoms with Gasteiger partial charge in [0.1, 0.15) is 36.6 Å². The van der Waals surface area contributed by atoms with Gasteiger partial charge in [-0.05, 0) is 67.2 Å². The fourth-order valence-electron chi connectivity index (χ4n) is 4.77. The SMILES string of the molecule is CCCCCC(COC(=O)OOC(C)(C)CCCCC)(COC(=O)OOC(C)(C)CCCCC)COC(=O)OOC(C)(C)CCCCC. The fourth-order valence-corrected chi connectivity index (χ4v) is 4.77. The maximum atomic E-state index is 12.6. The maximum Gasteiger partial charge on any atom is 0.540 e. The molecule has 0 saturated carbocycles. The summed E-state index contributed by atoms with van der Waals surface area (Å²) >= 11 is 0. The Hall–Kier alpha value is -2.31. The van der Waals surface area contributed by atoms with Crippen LogP contribution >= 0.6 is 0 Å². The molecule has 0 fully saturated rings. The van der Waals surface area contributed by atoms with Gasteiger partial charge in [-0.1, -0.05) is 105 Å². The van der Waals surface area contributed by atoms with Crippen LogP contribution in [-0.4, -0.2) is 55.1 Å². The molecule has 0 N–H and O–H groups in total. The molecule has 0 unspecified atom stereocenters. The van der Waals surface area contributed by atoms with Gasteiger partial charge in [0.2, 0.25) is 0 Å². The third kappa shape index (κ3) is 23.9. The van der Waals surface area contributed by atoms with Gasteiger partial charge in [-0.15, -0.1) is 0 Å². The average Bonchev–Trinajstić information content (AvgIpc) is 3.02. The van der Waals surface area contributed by atoms with E-state index in [4.69, 9.17) is 43.5 Å². The predicted molar refractivity (Wildman–Crippen MR) is 182 cm³/mol. The number of rotatable bonds is 28. The smallest absolute Gasteiger partial charge is 0.431 e. The summed E-state index contributed by atoms with van der Waals surface area (Å²) in [5, 5.41) is 0. The lowest BCUT2D eigenvalue weighted by Gasteiger charge is -2.32. The Morgan fingerprint density at radius 3 is 0.896 bits per heavy atom. The van der Waals surface area contributed by atoms with E-state index in [0.29, 0.717) is 32.1 Å². The Morgan fingerprint density at radius 2 is 0.646 bits per heavy atom. The summed E-state index contributed by atoms with van der Waals surface area (Å²) in [5.41, 5.74) is -3.29. The minimum Gasteiger partial charge on any atom is -0.431 e. The topological polar surface area (TPSA) is 134 Å². The molecule has 0 rings (SSSR count). The van der Waals surface area contributed by atoms with Gasteiger partial charge in [0.15, 0.2) is 0 Å². The normalized spacial score (nSPS) is 12.4. The van der Waals surface area contributed by atoms with E-state index in [2.05, 4.69) is 20.8 Å². The van der Waals surface area contributed by atoms with Crippen molar-refractivity contribution in [2.24, 2.45) is 5.41 Å². The van der Waals surface area contributed by atoms with E-state index in [1.54, 1.807) is 0 Å². The average molecular weight is 693 g/mol. The number of hydrogen-bond acceptors (Lipinski definition) is 12. The van der Waals surface area contributed by atoms with Crippen molar-refractivity contribution in [2.45, 2.75) is 189 Å². The van der Waals surface area contributed by atoms with Gasteiger partial charge in [0.25, 0.3) is 0 Å². The summed E-state index contributed by atoms with van der Waals surface area (Å²) in [7, 11) is 0. The molecule has 0 aromatic carbocycles. The first-order valence-corrected chi connectivity index (χ1v) is 18.1. The molecular weight excluding hydrogens is 624 g/mol. The van der Waals surface area contributed by atoms with Gasteiger partial charge in [0, 0.05) is 0 Å². The number of ether oxygens (including phenoxy) is 3. The van der Waals surface area contributed by atoms with E-state index in [0.717, 1.165) is 70.6 Å². The highest BCUT2D eigenvalue weighted by molar-refractivity contribution is 5.60. The third-order valence-electron chi connectivity index (χ3n) is 7.95. The molecule has 0 aliphatic carbocycles. The number of hydrogen-bond donors (Lipinski definition) is 0. The highest BCUT2D eigenvalue weighted by atomic mass is 17.2. The van der Waals surface area contributed by atoms with Gasteiger partial charge in [0.05, 0.1) is 5.41 Å².